The van der Waals surface area contributed by atoms with E-state index in [9.17, 15) is 18.8 Å². The third kappa shape index (κ3) is 4.05. The number of hydrogen-bond acceptors (Lipinski definition) is 4. The molecule has 0 radical (unpaired) electrons. The molecule has 3 aromatic rings. The lowest BCUT2D eigenvalue weighted by molar-refractivity contribution is 0.0734. The van der Waals surface area contributed by atoms with Gasteiger partial charge >= 0.3 is 0 Å². The van der Waals surface area contributed by atoms with E-state index in [1.54, 1.807) is 29.0 Å². The first-order chi connectivity index (χ1) is 15.4. The van der Waals surface area contributed by atoms with E-state index in [0.29, 0.717) is 41.9 Å². The Morgan fingerprint density at radius 1 is 1.19 bits per heavy atom. The fraction of sp³-hybridized carbons (Fsp3) is 0.304. The van der Waals surface area contributed by atoms with Gasteiger partial charge in [-0.15, -0.1) is 0 Å². The van der Waals surface area contributed by atoms with Crippen molar-refractivity contribution in [3.05, 3.63) is 81.3 Å². The maximum Gasteiger partial charge on any atom is 0.268 e. The molecule has 0 spiro atoms. The van der Waals surface area contributed by atoms with Crippen molar-refractivity contribution in [3.63, 3.8) is 0 Å². The highest BCUT2D eigenvalue weighted by Gasteiger charge is 2.29. The summed E-state index contributed by atoms with van der Waals surface area (Å²) in [6.07, 6.45) is 5.93. The summed E-state index contributed by atoms with van der Waals surface area (Å²) in [5.74, 6) is -1.02. The lowest BCUT2D eigenvalue weighted by Gasteiger charge is -2.30. The molecule has 1 aliphatic rings. The molecular formula is C23H24FN5O3. The molecule has 0 saturated heterocycles. The summed E-state index contributed by atoms with van der Waals surface area (Å²) in [6, 6.07) is 5.49. The first kappa shape index (κ1) is 21.5. The lowest BCUT2D eigenvalue weighted by atomic mass is 9.95. The smallest absolute Gasteiger partial charge is 0.268 e. The predicted molar refractivity (Wildman–Crippen MR) is 116 cm³/mol. The Labute approximate surface area is 184 Å². The van der Waals surface area contributed by atoms with Crippen molar-refractivity contribution in [2.75, 3.05) is 13.1 Å². The summed E-state index contributed by atoms with van der Waals surface area (Å²) in [7, 11) is 1.74. The van der Waals surface area contributed by atoms with Gasteiger partial charge in [0.2, 0.25) is 0 Å². The zero-order chi connectivity index (χ0) is 22.8. The molecule has 0 bridgehead atoms. The van der Waals surface area contributed by atoms with Gasteiger partial charge in [-0.25, -0.2) is 4.39 Å². The molecule has 0 atom stereocenters. The van der Waals surface area contributed by atoms with Crippen molar-refractivity contribution in [1.29, 1.82) is 0 Å². The Kier molecular flexibility index (Phi) is 5.89. The fourth-order valence-corrected chi connectivity index (χ4v) is 3.90. The lowest BCUT2D eigenvalue weighted by Crippen LogP contribution is -2.41. The number of rotatable bonds is 5. The first-order valence-electron chi connectivity index (χ1n) is 10.5. The van der Waals surface area contributed by atoms with Crippen LogP contribution >= 0.6 is 0 Å². The first-order valence-corrected chi connectivity index (χ1v) is 10.5. The van der Waals surface area contributed by atoms with Crippen molar-refractivity contribution >= 4 is 11.8 Å². The summed E-state index contributed by atoms with van der Waals surface area (Å²) in [4.78, 5) is 40.8. The second kappa shape index (κ2) is 8.78. The van der Waals surface area contributed by atoms with E-state index in [2.05, 4.69) is 10.4 Å². The number of amides is 2. The molecule has 8 nitrogen and oxygen atoms in total. The Hall–Kier alpha value is -3.75. The highest BCUT2D eigenvalue weighted by atomic mass is 19.1. The van der Waals surface area contributed by atoms with Gasteiger partial charge in [0.05, 0.1) is 11.8 Å². The van der Waals surface area contributed by atoms with Gasteiger partial charge in [0.25, 0.3) is 17.4 Å². The quantitative estimate of drug-likeness (QED) is 0.662. The van der Waals surface area contributed by atoms with Gasteiger partial charge in [0.15, 0.2) is 0 Å². The maximum atomic E-state index is 13.4. The van der Waals surface area contributed by atoms with Crippen LogP contribution in [0.1, 0.15) is 45.2 Å². The second-order valence-corrected chi connectivity index (χ2v) is 7.79. The zero-order valence-corrected chi connectivity index (χ0v) is 18.0. The van der Waals surface area contributed by atoms with Gasteiger partial charge in [0.1, 0.15) is 11.4 Å². The minimum Gasteiger partial charge on any atom is -0.352 e. The van der Waals surface area contributed by atoms with E-state index in [4.69, 9.17) is 0 Å². The van der Waals surface area contributed by atoms with Gasteiger partial charge < -0.3 is 10.2 Å². The third-order valence-electron chi connectivity index (χ3n) is 5.51. The number of carbonyl (C=O) groups excluding carboxylic acids is 2. The SMILES string of the molecule is CCCNC(=O)c1c2c(cn(-c3ccc(F)cc3)c1=O)CN(C(=O)c1cnn(C)c1)CC2. The van der Waals surface area contributed by atoms with Crippen LogP contribution in [-0.2, 0) is 20.0 Å². The van der Waals surface area contributed by atoms with Crippen LogP contribution in [0.25, 0.3) is 5.69 Å². The summed E-state index contributed by atoms with van der Waals surface area (Å²) in [5.41, 5.74) is 1.89. The van der Waals surface area contributed by atoms with E-state index in [1.807, 2.05) is 6.92 Å². The van der Waals surface area contributed by atoms with Crippen LogP contribution in [0, 0.1) is 5.82 Å². The van der Waals surface area contributed by atoms with E-state index < -0.39 is 17.3 Å². The molecule has 32 heavy (non-hydrogen) atoms. The third-order valence-corrected chi connectivity index (χ3v) is 5.51. The molecule has 1 aliphatic heterocycles. The molecule has 0 fully saturated rings. The molecule has 1 aromatic carbocycles. The summed E-state index contributed by atoms with van der Waals surface area (Å²) >= 11 is 0. The standard InChI is InChI=1S/C23H24FN5O3/c1-3-9-25-21(30)20-19-8-10-28(22(31)15-11-26-27(2)12-15)13-16(19)14-29(23(20)32)18-6-4-17(24)5-7-18/h4-7,11-12,14H,3,8-10,13H2,1-2H3,(H,25,30). The Bertz CT molecular complexity index is 1230. The van der Waals surface area contributed by atoms with Crippen molar-refractivity contribution in [1.82, 2.24) is 24.6 Å². The summed E-state index contributed by atoms with van der Waals surface area (Å²) in [5, 5.41) is 6.84. The fourth-order valence-electron chi connectivity index (χ4n) is 3.90. The number of aromatic nitrogens is 3. The molecule has 3 heterocycles. The Morgan fingerprint density at radius 3 is 2.59 bits per heavy atom. The Morgan fingerprint density at radius 2 is 1.94 bits per heavy atom. The number of nitrogens with zero attached hydrogens (tertiary/aromatic N) is 4. The van der Waals surface area contributed by atoms with Crippen LogP contribution in [0.15, 0.2) is 47.7 Å². The van der Waals surface area contributed by atoms with E-state index in [-0.39, 0.29) is 18.0 Å². The molecule has 2 amide bonds. The highest BCUT2D eigenvalue weighted by Crippen LogP contribution is 2.23. The van der Waals surface area contributed by atoms with E-state index in [1.165, 1.54) is 35.0 Å². The van der Waals surface area contributed by atoms with Gasteiger partial charge in [-0.3, -0.25) is 23.6 Å². The molecular weight excluding hydrogens is 413 g/mol. The van der Waals surface area contributed by atoms with Gasteiger partial charge in [-0.05, 0) is 48.2 Å². The predicted octanol–water partition coefficient (Wildman–Crippen LogP) is 2.05. The summed E-state index contributed by atoms with van der Waals surface area (Å²) in [6.45, 7) is 3.01. The monoisotopic (exact) mass is 437 g/mol. The van der Waals surface area contributed by atoms with Crippen molar-refractivity contribution < 1.29 is 14.0 Å². The van der Waals surface area contributed by atoms with Crippen LogP contribution in [0.5, 0.6) is 0 Å². The van der Waals surface area contributed by atoms with Crippen LogP contribution < -0.4 is 10.9 Å². The average molecular weight is 437 g/mol. The molecule has 4 rings (SSSR count). The van der Waals surface area contributed by atoms with Crippen molar-refractivity contribution in [2.24, 2.45) is 7.05 Å². The molecule has 0 unspecified atom stereocenters. The zero-order valence-electron chi connectivity index (χ0n) is 18.0. The topological polar surface area (TPSA) is 89.2 Å². The minimum absolute atomic E-state index is 0.0775. The molecule has 1 N–H and O–H groups in total. The normalized spacial score (nSPS) is 13.0. The van der Waals surface area contributed by atoms with Crippen LogP contribution in [0.4, 0.5) is 4.39 Å². The number of benzene rings is 1. The van der Waals surface area contributed by atoms with E-state index >= 15 is 0 Å². The molecule has 9 heteroatoms. The molecule has 0 aliphatic carbocycles. The average Bonchev–Trinajstić information content (AvgIpc) is 3.23. The van der Waals surface area contributed by atoms with Gasteiger partial charge in [0, 0.05) is 44.8 Å². The molecule has 166 valence electrons. The Balaban J connectivity index is 1.78. The number of nitrogens with one attached hydrogen (secondary N) is 1. The number of hydrogen-bond donors (Lipinski definition) is 1. The van der Waals surface area contributed by atoms with Crippen molar-refractivity contribution in [3.8, 4) is 5.69 Å². The number of carbonyl (C=O) groups is 2. The second-order valence-electron chi connectivity index (χ2n) is 7.79. The number of aryl methyl sites for hydroxylation is 1. The number of halogens is 1. The van der Waals surface area contributed by atoms with Crippen molar-refractivity contribution in [2.45, 2.75) is 26.3 Å². The molecule has 0 saturated carbocycles. The van der Waals surface area contributed by atoms with Gasteiger partial charge in [-0.1, -0.05) is 6.92 Å². The van der Waals surface area contributed by atoms with E-state index in [0.717, 1.165) is 6.42 Å². The maximum absolute atomic E-state index is 13.4. The molecule has 2 aromatic heterocycles. The minimum atomic E-state index is -0.462. The van der Waals surface area contributed by atoms with Crippen LogP contribution in [-0.4, -0.2) is 44.2 Å². The number of fused-ring (bicyclic) bond motifs is 1. The largest absolute Gasteiger partial charge is 0.352 e. The van der Waals surface area contributed by atoms with Crippen LogP contribution in [0.2, 0.25) is 0 Å². The van der Waals surface area contributed by atoms with Gasteiger partial charge in [-0.2, -0.15) is 5.10 Å². The van der Waals surface area contributed by atoms with Crippen LogP contribution in [0.3, 0.4) is 0 Å². The number of pyridine rings is 1. The highest BCUT2D eigenvalue weighted by molar-refractivity contribution is 5.96. The summed E-state index contributed by atoms with van der Waals surface area (Å²) < 4.78 is 16.3.